The van der Waals surface area contributed by atoms with E-state index in [-0.39, 0.29) is 24.1 Å². The summed E-state index contributed by atoms with van der Waals surface area (Å²) >= 11 is 6.50. The molecule has 0 spiro atoms. The molecule has 1 fully saturated rings. The third-order valence-corrected chi connectivity index (χ3v) is 8.25. The highest BCUT2D eigenvalue weighted by Crippen LogP contribution is 2.34. The van der Waals surface area contributed by atoms with E-state index in [1.807, 2.05) is 13.8 Å². The fraction of sp³-hybridized carbons (Fsp3) is 0.429. The van der Waals surface area contributed by atoms with Crippen molar-refractivity contribution in [1.29, 1.82) is 0 Å². The van der Waals surface area contributed by atoms with Gasteiger partial charge in [0, 0.05) is 36.6 Å². The topological polar surface area (TPSA) is 101 Å². The van der Waals surface area contributed by atoms with Crippen molar-refractivity contribution < 1.29 is 23.8 Å². The fourth-order valence-corrected chi connectivity index (χ4v) is 5.44. The summed E-state index contributed by atoms with van der Waals surface area (Å²) in [5, 5.41) is 9.00. The Bertz CT molecular complexity index is 1410. The first-order valence-electron chi connectivity index (χ1n) is 15.8. The Kier molecular flexibility index (Phi) is 12.8. The second kappa shape index (κ2) is 16.9. The number of halogens is 1. The minimum atomic E-state index is -0.317. The van der Waals surface area contributed by atoms with Crippen LogP contribution in [-0.4, -0.2) is 55.7 Å². The van der Waals surface area contributed by atoms with E-state index in [0.717, 1.165) is 45.3 Å². The Balaban J connectivity index is 1.30. The van der Waals surface area contributed by atoms with Crippen LogP contribution in [0.4, 0.5) is 16.2 Å². The molecule has 10 heteroatoms. The highest BCUT2D eigenvalue weighted by Gasteiger charge is 2.21. The van der Waals surface area contributed by atoms with Gasteiger partial charge in [0.2, 0.25) is 0 Å². The maximum absolute atomic E-state index is 13.0. The van der Waals surface area contributed by atoms with E-state index in [9.17, 15) is 9.59 Å². The van der Waals surface area contributed by atoms with Gasteiger partial charge in [0.05, 0.1) is 17.7 Å². The number of amides is 3. The summed E-state index contributed by atoms with van der Waals surface area (Å²) in [7, 11) is 1.54. The third kappa shape index (κ3) is 10.0. The Morgan fingerprint density at radius 2 is 1.58 bits per heavy atom. The van der Waals surface area contributed by atoms with Crippen LogP contribution in [0.15, 0.2) is 60.7 Å². The summed E-state index contributed by atoms with van der Waals surface area (Å²) in [6, 6.07) is 17.2. The molecule has 3 N–H and O–H groups in total. The standard InChI is InChI=1S/C35H45ClN4O5/c1-5-8-19-40-20-17-28(18-21-40)44-29-14-15-30(31(36)23-29)34(41)37-25-9-12-27(13-10-25)45-32-16-11-26(22-33(32)43-4)39-35(42)38-24(6-2)7-3/h9-16,22-24,28H,5-8,17-21H2,1-4H3,(H,37,41)(H2,38,39,42). The van der Waals surface area contributed by atoms with Crippen LogP contribution in [0.5, 0.6) is 23.0 Å². The van der Waals surface area contributed by atoms with Crippen LogP contribution in [0, 0.1) is 0 Å². The van der Waals surface area contributed by atoms with E-state index in [1.165, 1.54) is 20.0 Å². The van der Waals surface area contributed by atoms with Gasteiger partial charge in [0.25, 0.3) is 5.91 Å². The summed E-state index contributed by atoms with van der Waals surface area (Å²) in [4.78, 5) is 27.8. The van der Waals surface area contributed by atoms with E-state index in [0.29, 0.717) is 45.0 Å². The number of ether oxygens (including phenoxy) is 3. The molecule has 3 aromatic rings. The van der Waals surface area contributed by atoms with E-state index >= 15 is 0 Å². The van der Waals surface area contributed by atoms with E-state index < -0.39 is 0 Å². The summed E-state index contributed by atoms with van der Waals surface area (Å²) in [5.41, 5.74) is 1.54. The Hall–Kier alpha value is -3.95. The quantitative estimate of drug-likeness (QED) is 0.164. The van der Waals surface area contributed by atoms with Crippen LogP contribution in [0.25, 0.3) is 0 Å². The number of piperidine rings is 1. The van der Waals surface area contributed by atoms with Gasteiger partial charge >= 0.3 is 6.03 Å². The zero-order valence-electron chi connectivity index (χ0n) is 26.7. The Morgan fingerprint density at radius 1 is 0.889 bits per heavy atom. The molecule has 3 aromatic carbocycles. The maximum Gasteiger partial charge on any atom is 0.319 e. The number of hydrogen-bond donors (Lipinski definition) is 3. The number of anilines is 2. The van der Waals surface area contributed by atoms with Gasteiger partial charge in [0.1, 0.15) is 17.6 Å². The number of nitrogens with zero attached hydrogens (tertiary/aromatic N) is 1. The van der Waals surface area contributed by atoms with Crippen LogP contribution >= 0.6 is 11.6 Å². The number of nitrogens with one attached hydrogen (secondary N) is 3. The van der Waals surface area contributed by atoms with Gasteiger partial charge < -0.3 is 35.1 Å². The fourth-order valence-electron chi connectivity index (χ4n) is 5.18. The van der Waals surface area contributed by atoms with Gasteiger partial charge in [-0.3, -0.25) is 4.79 Å². The highest BCUT2D eigenvalue weighted by atomic mass is 35.5. The highest BCUT2D eigenvalue weighted by molar-refractivity contribution is 6.34. The number of methoxy groups -OCH3 is 1. The normalized spacial score (nSPS) is 13.7. The number of carbonyl (C=O) groups excluding carboxylic acids is 2. The van der Waals surface area contributed by atoms with Crippen molar-refractivity contribution in [3.63, 3.8) is 0 Å². The van der Waals surface area contributed by atoms with Crippen LogP contribution in [-0.2, 0) is 0 Å². The van der Waals surface area contributed by atoms with Crippen LogP contribution in [0.1, 0.15) is 69.7 Å². The lowest BCUT2D eigenvalue weighted by molar-refractivity contribution is 0.0997. The number of urea groups is 1. The number of likely N-dealkylation sites (tertiary alicyclic amines) is 1. The molecule has 0 bridgehead atoms. The van der Waals surface area contributed by atoms with E-state index in [4.69, 9.17) is 25.8 Å². The van der Waals surface area contributed by atoms with Crippen LogP contribution < -0.4 is 30.2 Å². The van der Waals surface area contributed by atoms with Gasteiger partial charge in [-0.25, -0.2) is 4.79 Å². The SMILES string of the molecule is CCCCN1CCC(Oc2ccc(C(=O)Nc3ccc(Oc4ccc(NC(=O)NC(CC)CC)cc4OC)cc3)c(Cl)c2)CC1. The van der Waals surface area contributed by atoms with Crippen molar-refractivity contribution in [2.45, 2.75) is 71.4 Å². The molecule has 4 rings (SSSR count). The van der Waals surface area contributed by atoms with Gasteiger partial charge in [0.15, 0.2) is 11.5 Å². The first-order valence-corrected chi connectivity index (χ1v) is 16.2. The van der Waals surface area contributed by atoms with Gasteiger partial charge in [-0.1, -0.05) is 38.8 Å². The summed E-state index contributed by atoms with van der Waals surface area (Å²) in [6.07, 6.45) is 6.27. The molecule has 242 valence electrons. The maximum atomic E-state index is 13.0. The van der Waals surface area contributed by atoms with E-state index in [1.54, 1.807) is 60.7 Å². The minimum Gasteiger partial charge on any atom is -0.493 e. The van der Waals surface area contributed by atoms with Crippen molar-refractivity contribution >= 4 is 34.9 Å². The lowest BCUT2D eigenvalue weighted by atomic mass is 10.1. The molecule has 0 saturated carbocycles. The lowest BCUT2D eigenvalue weighted by Crippen LogP contribution is -2.38. The molecule has 3 amide bonds. The second-order valence-corrected chi connectivity index (χ2v) is 11.6. The first kappa shape index (κ1) is 33.9. The molecular formula is C35H45ClN4O5. The largest absolute Gasteiger partial charge is 0.493 e. The number of rotatable bonds is 14. The predicted octanol–water partition coefficient (Wildman–Crippen LogP) is 8.35. The molecular weight excluding hydrogens is 592 g/mol. The van der Waals surface area contributed by atoms with Crippen molar-refractivity contribution in [3.05, 3.63) is 71.2 Å². The number of hydrogen-bond acceptors (Lipinski definition) is 6. The molecule has 1 aliphatic rings. The first-order chi connectivity index (χ1) is 21.8. The molecule has 45 heavy (non-hydrogen) atoms. The number of unbranched alkanes of at least 4 members (excludes halogenated alkanes) is 1. The van der Waals surface area contributed by atoms with Crippen molar-refractivity contribution in [2.24, 2.45) is 0 Å². The monoisotopic (exact) mass is 636 g/mol. The molecule has 1 heterocycles. The molecule has 0 aliphatic carbocycles. The zero-order chi connectivity index (χ0) is 32.2. The van der Waals surface area contributed by atoms with Crippen LogP contribution in [0.2, 0.25) is 5.02 Å². The molecule has 1 saturated heterocycles. The molecule has 0 radical (unpaired) electrons. The van der Waals surface area contributed by atoms with Gasteiger partial charge in [-0.05, 0) is 93.2 Å². The Labute approximate surface area is 271 Å². The zero-order valence-corrected chi connectivity index (χ0v) is 27.4. The Morgan fingerprint density at radius 3 is 2.22 bits per heavy atom. The smallest absolute Gasteiger partial charge is 0.319 e. The van der Waals surface area contributed by atoms with Gasteiger partial charge in [-0.2, -0.15) is 0 Å². The molecule has 1 aliphatic heterocycles. The number of carbonyl (C=O) groups is 2. The molecule has 0 atom stereocenters. The summed E-state index contributed by atoms with van der Waals surface area (Å²) < 4.78 is 17.7. The van der Waals surface area contributed by atoms with Crippen molar-refractivity contribution in [1.82, 2.24) is 10.2 Å². The van der Waals surface area contributed by atoms with Crippen molar-refractivity contribution in [3.8, 4) is 23.0 Å². The average Bonchev–Trinajstić information content (AvgIpc) is 3.04. The molecule has 0 unspecified atom stereocenters. The summed E-state index contributed by atoms with van der Waals surface area (Å²) in [6.45, 7) is 9.52. The number of benzene rings is 3. The second-order valence-electron chi connectivity index (χ2n) is 11.2. The lowest BCUT2D eigenvalue weighted by Gasteiger charge is -2.32. The molecule has 0 aromatic heterocycles. The summed E-state index contributed by atoms with van der Waals surface area (Å²) in [5.74, 6) is 1.86. The van der Waals surface area contributed by atoms with Gasteiger partial charge in [-0.15, -0.1) is 0 Å². The minimum absolute atomic E-state index is 0.118. The predicted molar refractivity (Wildman–Crippen MR) is 180 cm³/mol. The third-order valence-electron chi connectivity index (χ3n) is 7.93. The van der Waals surface area contributed by atoms with Crippen LogP contribution in [0.3, 0.4) is 0 Å². The molecule has 9 nitrogen and oxygen atoms in total. The average molecular weight is 637 g/mol. The van der Waals surface area contributed by atoms with Crippen molar-refractivity contribution in [2.75, 3.05) is 37.4 Å². The van der Waals surface area contributed by atoms with E-state index in [2.05, 4.69) is 27.8 Å².